The molecular formula is C13H17NO2S. The van der Waals surface area contributed by atoms with Crippen LogP contribution in [-0.4, -0.2) is 40.5 Å². The predicted molar refractivity (Wildman–Crippen MR) is 70.7 cm³/mol. The first-order chi connectivity index (χ1) is 8.09. The normalized spacial score (nSPS) is 19.3. The first kappa shape index (κ1) is 12.3. The van der Waals surface area contributed by atoms with Gasteiger partial charge in [0, 0.05) is 24.4 Å². The number of hydrogen-bond acceptors (Lipinski definition) is 3. The van der Waals surface area contributed by atoms with Crippen molar-refractivity contribution < 1.29 is 9.90 Å². The lowest BCUT2D eigenvalue weighted by Crippen LogP contribution is -2.37. The van der Waals surface area contributed by atoms with Gasteiger partial charge in [0.05, 0.1) is 0 Å². The maximum atomic E-state index is 12.3. The van der Waals surface area contributed by atoms with Gasteiger partial charge in [-0.05, 0) is 42.9 Å². The van der Waals surface area contributed by atoms with Gasteiger partial charge in [-0.3, -0.25) is 4.79 Å². The van der Waals surface area contributed by atoms with Crippen molar-refractivity contribution in [3.63, 3.8) is 0 Å². The fourth-order valence-corrected chi connectivity index (χ4v) is 3.34. The van der Waals surface area contributed by atoms with Gasteiger partial charge in [0.15, 0.2) is 0 Å². The number of hydrogen-bond donors (Lipinski definition) is 1. The van der Waals surface area contributed by atoms with E-state index >= 15 is 0 Å². The average Bonchev–Trinajstić information content (AvgIpc) is 2.80. The summed E-state index contributed by atoms with van der Waals surface area (Å²) < 4.78 is 0. The molecule has 2 rings (SSSR count). The molecule has 1 heterocycles. The molecule has 1 aliphatic rings. The highest BCUT2D eigenvalue weighted by molar-refractivity contribution is 7.99. The molecule has 0 spiro atoms. The zero-order valence-electron chi connectivity index (χ0n) is 10.1. The second-order valence-corrected chi connectivity index (χ2v) is 5.58. The lowest BCUT2D eigenvalue weighted by atomic mass is 10.1. The molecule has 0 aromatic heterocycles. The van der Waals surface area contributed by atoms with Gasteiger partial charge in [-0.2, -0.15) is 11.8 Å². The number of phenols is 1. The van der Waals surface area contributed by atoms with Crippen LogP contribution in [0.5, 0.6) is 5.75 Å². The third kappa shape index (κ3) is 2.57. The highest BCUT2D eigenvalue weighted by Gasteiger charge is 2.25. The summed E-state index contributed by atoms with van der Waals surface area (Å²) in [4.78, 5) is 14.1. The Balaban J connectivity index is 2.18. The van der Waals surface area contributed by atoms with E-state index in [1.54, 1.807) is 18.2 Å². The van der Waals surface area contributed by atoms with Crippen molar-refractivity contribution in [2.75, 3.05) is 18.6 Å². The van der Waals surface area contributed by atoms with E-state index in [2.05, 4.69) is 0 Å². The van der Waals surface area contributed by atoms with Gasteiger partial charge >= 0.3 is 0 Å². The molecule has 0 aliphatic carbocycles. The summed E-state index contributed by atoms with van der Waals surface area (Å²) in [6.45, 7) is 1.85. The van der Waals surface area contributed by atoms with Crippen LogP contribution in [0.25, 0.3) is 0 Å². The Morgan fingerprint density at radius 2 is 2.29 bits per heavy atom. The van der Waals surface area contributed by atoms with Crippen molar-refractivity contribution in [1.82, 2.24) is 4.90 Å². The average molecular weight is 251 g/mol. The number of carbonyl (C=O) groups is 1. The molecule has 0 radical (unpaired) electrons. The van der Waals surface area contributed by atoms with Crippen LogP contribution in [0.1, 0.15) is 22.3 Å². The van der Waals surface area contributed by atoms with E-state index in [9.17, 15) is 9.90 Å². The second-order valence-electron chi connectivity index (χ2n) is 4.43. The quantitative estimate of drug-likeness (QED) is 0.876. The smallest absolute Gasteiger partial charge is 0.254 e. The molecule has 1 N–H and O–H groups in total. The van der Waals surface area contributed by atoms with Crippen molar-refractivity contribution in [2.45, 2.75) is 19.4 Å². The number of carbonyl (C=O) groups excluding carboxylic acids is 1. The molecule has 1 atom stereocenters. The number of aryl methyl sites for hydroxylation is 1. The van der Waals surface area contributed by atoms with Crippen LogP contribution in [-0.2, 0) is 0 Å². The molecule has 0 saturated carbocycles. The van der Waals surface area contributed by atoms with Gasteiger partial charge in [0.1, 0.15) is 5.75 Å². The van der Waals surface area contributed by atoms with Gasteiger partial charge in [0.2, 0.25) is 0 Å². The first-order valence-electron chi connectivity index (χ1n) is 5.74. The molecule has 3 nitrogen and oxygen atoms in total. The molecule has 92 valence electrons. The Kier molecular flexibility index (Phi) is 3.62. The van der Waals surface area contributed by atoms with Crippen LogP contribution in [0.2, 0.25) is 0 Å². The van der Waals surface area contributed by atoms with Gasteiger partial charge < -0.3 is 10.0 Å². The van der Waals surface area contributed by atoms with Crippen molar-refractivity contribution >= 4 is 17.7 Å². The maximum absolute atomic E-state index is 12.3. The topological polar surface area (TPSA) is 40.5 Å². The Hall–Kier alpha value is -1.16. The van der Waals surface area contributed by atoms with Gasteiger partial charge in [-0.25, -0.2) is 0 Å². The van der Waals surface area contributed by atoms with E-state index in [1.807, 2.05) is 30.6 Å². The molecule has 1 fully saturated rings. The summed E-state index contributed by atoms with van der Waals surface area (Å²) in [6, 6.07) is 5.24. The molecule has 1 unspecified atom stereocenters. The lowest BCUT2D eigenvalue weighted by Gasteiger charge is -2.24. The molecule has 1 amide bonds. The van der Waals surface area contributed by atoms with Gasteiger partial charge in [0.25, 0.3) is 5.91 Å². The third-order valence-corrected chi connectivity index (χ3v) is 4.36. The van der Waals surface area contributed by atoms with Crippen molar-refractivity contribution in [3.05, 3.63) is 29.3 Å². The molecular weight excluding hydrogens is 234 g/mol. The minimum atomic E-state index is 0.0509. The fourth-order valence-electron chi connectivity index (χ4n) is 2.07. The van der Waals surface area contributed by atoms with E-state index < -0.39 is 0 Å². The molecule has 1 aromatic rings. The summed E-state index contributed by atoms with van der Waals surface area (Å²) >= 11 is 1.90. The summed E-state index contributed by atoms with van der Waals surface area (Å²) in [5.41, 5.74) is 1.51. The highest BCUT2D eigenvalue weighted by atomic mass is 32.2. The Morgan fingerprint density at radius 3 is 2.88 bits per heavy atom. The van der Waals surface area contributed by atoms with E-state index in [0.29, 0.717) is 11.6 Å². The zero-order valence-corrected chi connectivity index (χ0v) is 11.0. The maximum Gasteiger partial charge on any atom is 0.254 e. The number of nitrogens with zero attached hydrogens (tertiary/aromatic N) is 1. The minimum absolute atomic E-state index is 0.0509. The molecule has 1 saturated heterocycles. The Bertz CT molecular complexity index is 427. The van der Waals surface area contributed by atoms with Crippen LogP contribution in [0.15, 0.2) is 18.2 Å². The number of aromatic hydroxyl groups is 1. The predicted octanol–water partition coefficient (Wildman–Crippen LogP) is 2.28. The molecule has 0 bridgehead atoms. The number of benzene rings is 1. The van der Waals surface area contributed by atoms with E-state index in [0.717, 1.165) is 23.5 Å². The summed E-state index contributed by atoms with van der Waals surface area (Å²) in [5.74, 6) is 2.42. The van der Waals surface area contributed by atoms with E-state index in [-0.39, 0.29) is 11.7 Å². The van der Waals surface area contributed by atoms with Crippen molar-refractivity contribution in [1.29, 1.82) is 0 Å². The second kappa shape index (κ2) is 5.00. The third-order valence-electron chi connectivity index (χ3n) is 3.21. The van der Waals surface area contributed by atoms with Crippen LogP contribution >= 0.6 is 11.8 Å². The fraction of sp³-hybridized carbons (Fsp3) is 0.462. The van der Waals surface area contributed by atoms with Crippen molar-refractivity contribution in [3.8, 4) is 5.75 Å². The largest absolute Gasteiger partial charge is 0.508 e. The van der Waals surface area contributed by atoms with Crippen LogP contribution in [0.4, 0.5) is 0 Å². The molecule has 4 heteroatoms. The van der Waals surface area contributed by atoms with E-state index in [4.69, 9.17) is 0 Å². The van der Waals surface area contributed by atoms with Crippen molar-refractivity contribution in [2.24, 2.45) is 0 Å². The standard InChI is InChI=1S/C13H17NO2S/c1-9-7-11(15)3-4-12(9)13(16)14(2)10-5-6-17-8-10/h3-4,7,10,15H,5-6,8H2,1-2H3. The summed E-state index contributed by atoms with van der Waals surface area (Å²) in [7, 11) is 1.87. The number of phenolic OH excluding ortho intramolecular Hbond substituents is 1. The number of amides is 1. The Labute approximate surface area is 106 Å². The monoisotopic (exact) mass is 251 g/mol. The van der Waals surface area contributed by atoms with Crippen LogP contribution in [0.3, 0.4) is 0 Å². The zero-order chi connectivity index (χ0) is 12.4. The lowest BCUT2D eigenvalue weighted by molar-refractivity contribution is 0.0747. The van der Waals surface area contributed by atoms with Gasteiger partial charge in [-0.15, -0.1) is 0 Å². The molecule has 1 aromatic carbocycles. The van der Waals surface area contributed by atoms with Gasteiger partial charge in [-0.1, -0.05) is 0 Å². The van der Waals surface area contributed by atoms with E-state index in [1.165, 1.54) is 0 Å². The number of rotatable bonds is 2. The summed E-state index contributed by atoms with van der Waals surface area (Å²) in [5, 5.41) is 9.34. The molecule has 17 heavy (non-hydrogen) atoms. The molecule has 1 aliphatic heterocycles. The number of thioether (sulfide) groups is 1. The van der Waals surface area contributed by atoms with Crippen LogP contribution in [0, 0.1) is 6.92 Å². The first-order valence-corrected chi connectivity index (χ1v) is 6.89. The highest BCUT2D eigenvalue weighted by Crippen LogP contribution is 2.24. The SMILES string of the molecule is Cc1cc(O)ccc1C(=O)N(C)C1CCSC1. The van der Waals surface area contributed by atoms with Crippen LogP contribution < -0.4 is 0 Å². The summed E-state index contributed by atoms with van der Waals surface area (Å²) in [6.07, 6.45) is 1.07. The minimum Gasteiger partial charge on any atom is -0.508 e. The Morgan fingerprint density at radius 1 is 1.53 bits per heavy atom.